The minimum Gasteiger partial charge on any atom is -0.385 e. The van der Waals surface area contributed by atoms with E-state index in [0.29, 0.717) is 5.41 Å². The van der Waals surface area contributed by atoms with Gasteiger partial charge >= 0.3 is 0 Å². The Balaban J connectivity index is 0.00000180. The van der Waals surface area contributed by atoms with Gasteiger partial charge in [-0.05, 0) is 31.1 Å². The molecule has 0 aromatic rings. The van der Waals surface area contributed by atoms with E-state index in [1.807, 2.05) is 7.05 Å². The highest BCUT2D eigenvalue weighted by atomic mass is 127. The minimum absolute atomic E-state index is 0. The Kier molecular flexibility index (Phi) is 7.42. The van der Waals surface area contributed by atoms with Gasteiger partial charge in [0.2, 0.25) is 0 Å². The van der Waals surface area contributed by atoms with Crippen molar-refractivity contribution in [2.75, 3.05) is 40.4 Å². The third-order valence-corrected chi connectivity index (χ3v) is 4.42. The molecule has 1 heterocycles. The lowest BCUT2D eigenvalue weighted by molar-refractivity contribution is 0.195. The highest BCUT2D eigenvalue weighted by Gasteiger charge is 2.40. The van der Waals surface area contributed by atoms with Gasteiger partial charge in [0.25, 0.3) is 0 Å². The Bertz CT molecular complexity index is 290. The fraction of sp³-hybridized carbons (Fsp3) is 0.929. The molecule has 0 aromatic heterocycles. The number of likely N-dealkylation sites (tertiary alicyclic amines) is 1. The average Bonchev–Trinajstić information content (AvgIpc) is 3.01. The number of hydrogen-bond donors (Lipinski definition) is 1. The van der Waals surface area contributed by atoms with E-state index < -0.39 is 0 Å². The summed E-state index contributed by atoms with van der Waals surface area (Å²) in [6.07, 6.45) is 8.08. The summed E-state index contributed by atoms with van der Waals surface area (Å²) in [5.74, 6) is 1.08. The summed E-state index contributed by atoms with van der Waals surface area (Å²) in [5, 5.41) is 3.45. The monoisotopic (exact) mass is 381 g/mol. The molecule has 112 valence electrons. The van der Waals surface area contributed by atoms with Gasteiger partial charge in [0.1, 0.15) is 0 Å². The molecule has 0 unspecified atom stereocenters. The van der Waals surface area contributed by atoms with E-state index in [1.54, 1.807) is 7.11 Å². The molecule has 0 bridgehead atoms. The Labute approximate surface area is 134 Å². The van der Waals surface area contributed by atoms with E-state index in [2.05, 4.69) is 15.2 Å². The summed E-state index contributed by atoms with van der Waals surface area (Å²) in [6.45, 7) is 4.14. The molecule has 2 rings (SSSR count). The number of rotatable bonds is 4. The Morgan fingerprint density at radius 1 is 1.32 bits per heavy atom. The van der Waals surface area contributed by atoms with Crippen molar-refractivity contribution >= 4 is 29.9 Å². The van der Waals surface area contributed by atoms with E-state index in [1.165, 1.54) is 45.2 Å². The van der Waals surface area contributed by atoms with Crippen LogP contribution >= 0.6 is 24.0 Å². The van der Waals surface area contributed by atoms with E-state index in [4.69, 9.17) is 4.74 Å². The molecule has 1 spiro atoms. The molecule has 0 radical (unpaired) electrons. The van der Waals surface area contributed by atoms with E-state index in [9.17, 15) is 0 Å². The molecule has 2 aliphatic rings. The van der Waals surface area contributed by atoms with Crippen LogP contribution in [0.15, 0.2) is 4.99 Å². The quantitative estimate of drug-likeness (QED) is 0.352. The van der Waals surface area contributed by atoms with Crippen LogP contribution in [0.2, 0.25) is 0 Å². The number of halogens is 1. The van der Waals surface area contributed by atoms with Crippen molar-refractivity contribution in [1.82, 2.24) is 10.2 Å². The second-order valence-corrected chi connectivity index (χ2v) is 5.70. The second kappa shape index (κ2) is 8.29. The van der Waals surface area contributed by atoms with Crippen molar-refractivity contribution in [2.24, 2.45) is 10.4 Å². The summed E-state index contributed by atoms with van der Waals surface area (Å²) in [5.41, 5.74) is 0.615. The zero-order valence-corrected chi connectivity index (χ0v) is 14.6. The SMILES string of the molecule is CN=C(NCCCOC)N1CCC2(CCCC2)C1.I. The lowest BCUT2D eigenvalue weighted by Crippen LogP contribution is -2.41. The molecule has 4 nitrogen and oxygen atoms in total. The molecule has 1 aliphatic carbocycles. The summed E-state index contributed by atoms with van der Waals surface area (Å²) in [6, 6.07) is 0. The summed E-state index contributed by atoms with van der Waals surface area (Å²) in [7, 11) is 3.64. The zero-order chi connectivity index (χ0) is 12.8. The first-order valence-corrected chi connectivity index (χ1v) is 7.24. The molecule has 0 aromatic carbocycles. The normalized spacial score (nSPS) is 21.8. The molecule has 0 amide bonds. The van der Waals surface area contributed by atoms with Crippen LogP contribution in [-0.2, 0) is 4.74 Å². The first kappa shape index (κ1) is 17.0. The molecule has 1 aliphatic heterocycles. The van der Waals surface area contributed by atoms with Crippen molar-refractivity contribution in [2.45, 2.75) is 38.5 Å². The van der Waals surface area contributed by atoms with Gasteiger partial charge in [0.15, 0.2) is 5.96 Å². The van der Waals surface area contributed by atoms with Gasteiger partial charge in [-0.2, -0.15) is 0 Å². The van der Waals surface area contributed by atoms with Gasteiger partial charge in [-0.15, -0.1) is 24.0 Å². The Morgan fingerprint density at radius 3 is 2.68 bits per heavy atom. The van der Waals surface area contributed by atoms with Gasteiger partial charge in [-0.25, -0.2) is 0 Å². The number of methoxy groups -OCH3 is 1. The van der Waals surface area contributed by atoms with Crippen LogP contribution in [0.25, 0.3) is 0 Å². The molecular formula is C14H28IN3O. The standard InChI is InChI=1S/C14H27N3O.HI/c1-15-13(16-9-5-11-18-2)17-10-8-14(12-17)6-3-4-7-14;/h3-12H2,1-2H3,(H,15,16);1H. The highest BCUT2D eigenvalue weighted by Crippen LogP contribution is 2.45. The molecule has 5 heteroatoms. The molecule has 1 saturated heterocycles. The molecule has 0 atom stereocenters. The van der Waals surface area contributed by atoms with Crippen LogP contribution < -0.4 is 5.32 Å². The fourth-order valence-electron chi connectivity index (χ4n) is 3.40. The average molecular weight is 381 g/mol. The number of guanidine groups is 1. The van der Waals surface area contributed by atoms with Gasteiger partial charge in [-0.1, -0.05) is 12.8 Å². The molecule has 1 saturated carbocycles. The van der Waals surface area contributed by atoms with E-state index in [0.717, 1.165) is 25.5 Å². The number of nitrogens with one attached hydrogen (secondary N) is 1. The zero-order valence-electron chi connectivity index (χ0n) is 12.3. The van der Waals surface area contributed by atoms with Gasteiger partial charge in [0, 0.05) is 40.4 Å². The Morgan fingerprint density at radius 2 is 2.05 bits per heavy atom. The van der Waals surface area contributed by atoms with Crippen molar-refractivity contribution in [3.63, 3.8) is 0 Å². The van der Waals surface area contributed by atoms with Crippen LogP contribution in [0, 0.1) is 5.41 Å². The topological polar surface area (TPSA) is 36.9 Å². The molecule has 2 fully saturated rings. The third-order valence-electron chi connectivity index (χ3n) is 4.42. The predicted molar refractivity (Wildman–Crippen MR) is 90.4 cm³/mol. The molecular weight excluding hydrogens is 353 g/mol. The highest BCUT2D eigenvalue weighted by molar-refractivity contribution is 14.0. The predicted octanol–water partition coefficient (Wildman–Crippen LogP) is 2.48. The van der Waals surface area contributed by atoms with Crippen molar-refractivity contribution < 1.29 is 4.74 Å². The van der Waals surface area contributed by atoms with Crippen LogP contribution in [0.4, 0.5) is 0 Å². The summed E-state index contributed by atoms with van der Waals surface area (Å²) >= 11 is 0. The van der Waals surface area contributed by atoms with E-state index >= 15 is 0 Å². The number of ether oxygens (including phenoxy) is 1. The number of nitrogens with zero attached hydrogens (tertiary/aromatic N) is 2. The van der Waals surface area contributed by atoms with Gasteiger partial charge < -0.3 is 15.0 Å². The van der Waals surface area contributed by atoms with Gasteiger partial charge in [0.05, 0.1) is 0 Å². The largest absolute Gasteiger partial charge is 0.385 e. The number of aliphatic imine (C=N–C) groups is 1. The third kappa shape index (κ3) is 4.48. The van der Waals surface area contributed by atoms with Crippen LogP contribution in [-0.4, -0.2) is 51.3 Å². The smallest absolute Gasteiger partial charge is 0.193 e. The first-order chi connectivity index (χ1) is 8.79. The summed E-state index contributed by atoms with van der Waals surface area (Å²) < 4.78 is 5.07. The van der Waals surface area contributed by atoms with Crippen LogP contribution in [0.5, 0.6) is 0 Å². The maximum atomic E-state index is 5.07. The number of hydrogen-bond acceptors (Lipinski definition) is 2. The van der Waals surface area contributed by atoms with Crippen molar-refractivity contribution in [3.05, 3.63) is 0 Å². The Hall–Kier alpha value is -0.0400. The van der Waals surface area contributed by atoms with Crippen molar-refractivity contribution in [3.8, 4) is 0 Å². The van der Waals surface area contributed by atoms with E-state index in [-0.39, 0.29) is 24.0 Å². The lowest BCUT2D eigenvalue weighted by atomic mass is 9.86. The van der Waals surface area contributed by atoms with Crippen molar-refractivity contribution in [1.29, 1.82) is 0 Å². The maximum absolute atomic E-state index is 5.07. The lowest BCUT2D eigenvalue weighted by Gasteiger charge is -2.25. The van der Waals surface area contributed by atoms with Gasteiger partial charge in [-0.3, -0.25) is 4.99 Å². The van der Waals surface area contributed by atoms with Crippen LogP contribution in [0.3, 0.4) is 0 Å². The second-order valence-electron chi connectivity index (χ2n) is 5.70. The summed E-state index contributed by atoms with van der Waals surface area (Å²) in [4.78, 5) is 6.86. The first-order valence-electron chi connectivity index (χ1n) is 7.24. The van der Waals surface area contributed by atoms with Crippen LogP contribution in [0.1, 0.15) is 38.5 Å². The molecule has 1 N–H and O–H groups in total. The molecule has 19 heavy (non-hydrogen) atoms. The maximum Gasteiger partial charge on any atom is 0.193 e. The minimum atomic E-state index is 0. The fourth-order valence-corrected chi connectivity index (χ4v) is 3.40.